The highest BCUT2D eigenvalue weighted by Gasteiger charge is 2.26. The third-order valence-electron chi connectivity index (χ3n) is 4.28. The van der Waals surface area contributed by atoms with Crippen molar-refractivity contribution in [1.29, 1.82) is 0 Å². The van der Waals surface area contributed by atoms with Crippen molar-refractivity contribution in [3.05, 3.63) is 0 Å². The Hall–Kier alpha value is 0.217. The monoisotopic (exact) mass is 226 g/mol. The third-order valence-corrected chi connectivity index (χ3v) is 5.10. The highest BCUT2D eigenvalue weighted by atomic mass is 28.1. The Morgan fingerprint density at radius 2 is 1.20 bits per heavy atom. The molecule has 2 saturated carbocycles. The largest absolute Gasteiger partial charge is 0.0658 e. The first-order chi connectivity index (χ1) is 7.24. The first-order valence-electron chi connectivity index (χ1n) is 7.24. The van der Waals surface area contributed by atoms with Gasteiger partial charge in [-0.3, -0.25) is 0 Å². The van der Waals surface area contributed by atoms with Crippen LogP contribution in [-0.2, 0) is 0 Å². The predicted molar refractivity (Wildman–Crippen MR) is 73.6 cm³/mol. The standard InChI is InChI=1S/C10H18.C4H12Si/c1-2-6-9(5-1)10-7-3-4-8-10;1-3-4(2)5/h9-10H,1-8H2;4H,3H2,1-2,5H3. The molecule has 0 aliphatic heterocycles. The lowest BCUT2D eigenvalue weighted by Gasteiger charge is -2.16. The van der Waals surface area contributed by atoms with E-state index in [1.54, 1.807) is 25.7 Å². The summed E-state index contributed by atoms with van der Waals surface area (Å²) in [6.45, 7) is 4.52. The van der Waals surface area contributed by atoms with Crippen molar-refractivity contribution in [2.75, 3.05) is 0 Å². The molecule has 0 radical (unpaired) electrons. The second-order valence-corrected chi connectivity index (χ2v) is 7.86. The van der Waals surface area contributed by atoms with Gasteiger partial charge in [0, 0.05) is 10.2 Å². The molecule has 0 aromatic carbocycles. The van der Waals surface area contributed by atoms with Crippen molar-refractivity contribution >= 4 is 10.2 Å². The van der Waals surface area contributed by atoms with E-state index in [1.807, 2.05) is 0 Å². The van der Waals surface area contributed by atoms with Crippen LogP contribution in [0.1, 0.15) is 71.6 Å². The lowest BCUT2D eigenvalue weighted by Crippen LogP contribution is -2.06. The van der Waals surface area contributed by atoms with Crippen molar-refractivity contribution < 1.29 is 0 Å². The fourth-order valence-corrected chi connectivity index (χ4v) is 2.86. The molecule has 0 N–H and O–H groups in total. The van der Waals surface area contributed by atoms with Gasteiger partial charge in [0.1, 0.15) is 0 Å². The van der Waals surface area contributed by atoms with Gasteiger partial charge in [0.25, 0.3) is 0 Å². The molecule has 2 fully saturated rings. The molecule has 0 saturated heterocycles. The summed E-state index contributed by atoms with van der Waals surface area (Å²) in [6.07, 6.45) is 13.7. The van der Waals surface area contributed by atoms with Crippen LogP contribution in [0, 0.1) is 11.8 Å². The fourth-order valence-electron chi connectivity index (χ4n) is 2.86. The fraction of sp³-hybridized carbons (Fsp3) is 1.00. The molecule has 0 amide bonds. The molecule has 0 nitrogen and oxygen atoms in total. The minimum Gasteiger partial charge on any atom is -0.0658 e. The highest BCUT2D eigenvalue weighted by Crippen LogP contribution is 2.39. The van der Waals surface area contributed by atoms with E-state index in [0.717, 1.165) is 17.4 Å². The lowest BCUT2D eigenvalue weighted by molar-refractivity contribution is 0.347. The minimum absolute atomic E-state index is 1.02. The van der Waals surface area contributed by atoms with E-state index in [-0.39, 0.29) is 0 Å². The average molecular weight is 226 g/mol. The second kappa shape index (κ2) is 7.48. The normalized spacial score (nSPS) is 25.2. The van der Waals surface area contributed by atoms with Gasteiger partial charge in [-0.25, -0.2) is 0 Å². The van der Waals surface area contributed by atoms with Gasteiger partial charge in [-0.05, 0) is 11.8 Å². The molecule has 0 bridgehead atoms. The molecule has 2 aliphatic carbocycles. The molecule has 1 heteroatoms. The number of rotatable bonds is 2. The Kier molecular flexibility index (Phi) is 6.63. The van der Waals surface area contributed by atoms with E-state index in [2.05, 4.69) is 13.8 Å². The summed E-state index contributed by atoms with van der Waals surface area (Å²) in [5.41, 5.74) is 1.02. The van der Waals surface area contributed by atoms with Crippen LogP contribution < -0.4 is 0 Å². The maximum atomic E-state index is 2.28. The Morgan fingerprint density at radius 1 is 0.933 bits per heavy atom. The summed E-state index contributed by atoms with van der Waals surface area (Å²) < 4.78 is 0. The maximum Gasteiger partial charge on any atom is 0.00636 e. The van der Waals surface area contributed by atoms with Gasteiger partial charge >= 0.3 is 0 Å². The van der Waals surface area contributed by atoms with E-state index in [0.29, 0.717) is 0 Å². The average Bonchev–Trinajstić information content (AvgIpc) is 2.90. The molecule has 2 rings (SSSR count). The Balaban J connectivity index is 0.000000195. The molecule has 15 heavy (non-hydrogen) atoms. The zero-order chi connectivity index (χ0) is 11.1. The Labute approximate surface area is 99.6 Å². The van der Waals surface area contributed by atoms with Gasteiger partial charge < -0.3 is 0 Å². The minimum atomic E-state index is 1.02. The van der Waals surface area contributed by atoms with Crippen molar-refractivity contribution in [3.63, 3.8) is 0 Å². The summed E-state index contributed by atoms with van der Waals surface area (Å²) in [7, 11) is 1.37. The zero-order valence-corrected chi connectivity index (χ0v) is 13.1. The van der Waals surface area contributed by atoms with Gasteiger partial charge in [-0.15, -0.1) is 0 Å². The first-order valence-corrected chi connectivity index (χ1v) is 8.39. The summed E-state index contributed by atoms with van der Waals surface area (Å²) in [6, 6.07) is 0. The van der Waals surface area contributed by atoms with Gasteiger partial charge in [0.2, 0.25) is 0 Å². The van der Waals surface area contributed by atoms with Crippen LogP contribution in [0.5, 0.6) is 0 Å². The molecule has 1 atom stereocenters. The summed E-state index contributed by atoms with van der Waals surface area (Å²) in [4.78, 5) is 0. The third kappa shape index (κ3) is 5.19. The smallest absolute Gasteiger partial charge is 0.00636 e. The predicted octanol–water partition coefficient (Wildman–Crippen LogP) is 3.94. The first kappa shape index (κ1) is 13.3. The van der Waals surface area contributed by atoms with Crippen LogP contribution in [-0.4, -0.2) is 10.2 Å². The number of hydrogen-bond donors (Lipinski definition) is 0. The van der Waals surface area contributed by atoms with Crippen LogP contribution in [0.3, 0.4) is 0 Å². The molecule has 2 aliphatic rings. The van der Waals surface area contributed by atoms with E-state index in [4.69, 9.17) is 0 Å². The van der Waals surface area contributed by atoms with Gasteiger partial charge in [0.05, 0.1) is 0 Å². The topological polar surface area (TPSA) is 0 Å². The quantitative estimate of drug-likeness (QED) is 0.626. The zero-order valence-electron chi connectivity index (χ0n) is 11.1. The van der Waals surface area contributed by atoms with E-state index < -0.39 is 0 Å². The van der Waals surface area contributed by atoms with Crippen LogP contribution >= 0.6 is 0 Å². The molecular weight excluding hydrogens is 196 g/mol. The van der Waals surface area contributed by atoms with Gasteiger partial charge in [-0.2, -0.15) is 0 Å². The second-order valence-electron chi connectivity index (χ2n) is 5.89. The molecular formula is C14H30Si. The van der Waals surface area contributed by atoms with Crippen molar-refractivity contribution in [3.8, 4) is 0 Å². The molecule has 0 aromatic heterocycles. The van der Waals surface area contributed by atoms with Crippen LogP contribution in [0.2, 0.25) is 5.54 Å². The van der Waals surface area contributed by atoms with E-state index >= 15 is 0 Å². The van der Waals surface area contributed by atoms with Crippen LogP contribution in [0.15, 0.2) is 0 Å². The SMILES string of the molecule is C1CCC(C2CCCC2)C1.CCC(C)[SiH3]. The van der Waals surface area contributed by atoms with Crippen molar-refractivity contribution in [2.24, 2.45) is 11.8 Å². The van der Waals surface area contributed by atoms with Crippen LogP contribution in [0.4, 0.5) is 0 Å². The Bertz CT molecular complexity index is 127. The summed E-state index contributed by atoms with van der Waals surface area (Å²) in [5.74, 6) is 2.31. The summed E-state index contributed by atoms with van der Waals surface area (Å²) >= 11 is 0. The molecule has 0 aromatic rings. The van der Waals surface area contributed by atoms with Crippen LogP contribution in [0.25, 0.3) is 0 Å². The van der Waals surface area contributed by atoms with E-state index in [1.165, 1.54) is 42.3 Å². The molecule has 90 valence electrons. The van der Waals surface area contributed by atoms with Gasteiger partial charge in [0.15, 0.2) is 0 Å². The maximum absolute atomic E-state index is 2.28. The number of hydrogen-bond acceptors (Lipinski definition) is 0. The highest BCUT2D eigenvalue weighted by molar-refractivity contribution is 6.11. The summed E-state index contributed by atoms with van der Waals surface area (Å²) in [5, 5.41) is 0. The van der Waals surface area contributed by atoms with Crippen molar-refractivity contribution in [2.45, 2.75) is 77.2 Å². The lowest BCUT2D eigenvalue weighted by atomic mass is 9.90. The molecule has 1 unspecified atom stereocenters. The van der Waals surface area contributed by atoms with Gasteiger partial charge in [-0.1, -0.05) is 77.2 Å². The van der Waals surface area contributed by atoms with Crippen molar-refractivity contribution in [1.82, 2.24) is 0 Å². The Morgan fingerprint density at radius 3 is 1.40 bits per heavy atom. The molecule has 0 spiro atoms. The molecule has 0 heterocycles. The van der Waals surface area contributed by atoms with E-state index in [9.17, 15) is 0 Å².